The summed E-state index contributed by atoms with van der Waals surface area (Å²) in [6.45, 7) is 0. The molecule has 0 bridgehead atoms. The van der Waals surface area contributed by atoms with Gasteiger partial charge in [-0.25, -0.2) is 0 Å². The maximum Gasteiger partial charge on any atom is 0.0991 e. The summed E-state index contributed by atoms with van der Waals surface area (Å²) in [5.74, 6) is 0. The monoisotopic (exact) mass is 662 g/mol. The molecule has 1 unspecified atom stereocenters. The molecule has 2 nitrogen and oxygen atoms in total. The highest BCUT2D eigenvalue weighted by Crippen LogP contribution is 2.40. The Hall–Kier alpha value is -6.95. The maximum absolute atomic E-state index is 9.31. The molecule has 0 amide bonds. The molecule has 0 saturated carbocycles. The van der Waals surface area contributed by atoms with Gasteiger partial charge < -0.3 is 5.32 Å². The van der Waals surface area contributed by atoms with Crippen LogP contribution in [-0.4, -0.2) is 0 Å². The summed E-state index contributed by atoms with van der Waals surface area (Å²) in [6, 6.07) is 66.8. The van der Waals surface area contributed by atoms with E-state index in [-0.39, 0.29) is 6.04 Å². The second kappa shape index (κ2) is 13.4. The van der Waals surface area contributed by atoms with Gasteiger partial charge in [0.15, 0.2) is 0 Å². The first kappa shape index (κ1) is 31.1. The second-order valence-electron chi connectivity index (χ2n) is 13.3. The first-order valence-electron chi connectivity index (χ1n) is 17.7. The third-order valence-electron chi connectivity index (χ3n) is 10.2. The Morgan fingerprint density at radius 1 is 0.442 bits per heavy atom. The molecule has 9 rings (SSSR count). The lowest BCUT2D eigenvalue weighted by molar-refractivity contribution is 0.767. The maximum atomic E-state index is 9.31. The Morgan fingerprint density at radius 2 is 1.06 bits per heavy atom. The van der Waals surface area contributed by atoms with E-state index in [1.807, 2.05) is 24.3 Å². The molecule has 52 heavy (non-hydrogen) atoms. The van der Waals surface area contributed by atoms with Crippen LogP contribution < -0.4 is 5.32 Å². The van der Waals surface area contributed by atoms with Crippen LogP contribution in [0.5, 0.6) is 0 Å². The van der Waals surface area contributed by atoms with Crippen molar-refractivity contribution in [1.82, 2.24) is 5.32 Å². The smallest absolute Gasteiger partial charge is 0.0991 e. The predicted octanol–water partition coefficient (Wildman–Crippen LogP) is 12.6. The SMILES string of the molecule is N#Cc1ccc(-c2ccc(-c3cccc4ccc(-c5ccc(C6=CC(c7ccccc7)NC(c7ccccc7)=C6)cc5)cc34)c3ccccc23)cc1. The molecule has 1 heterocycles. The number of dihydropyridines is 1. The molecule has 2 heteroatoms. The Labute approximate surface area is 304 Å². The number of allylic oxidation sites excluding steroid dienone is 2. The molecule has 0 aromatic heterocycles. The number of hydrogen-bond donors (Lipinski definition) is 1. The molecule has 1 aliphatic heterocycles. The van der Waals surface area contributed by atoms with Gasteiger partial charge in [0.2, 0.25) is 0 Å². The van der Waals surface area contributed by atoms with Crippen LogP contribution in [0.4, 0.5) is 0 Å². The van der Waals surface area contributed by atoms with Crippen molar-refractivity contribution >= 4 is 32.8 Å². The number of nitrogens with one attached hydrogen (secondary N) is 1. The van der Waals surface area contributed by atoms with E-state index in [4.69, 9.17) is 0 Å². The quantitative estimate of drug-likeness (QED) is 0.192. The van der Waals surface area contributed by atoms with Crippen LogP contribution in [0.25, 0.3) is 66.2 Å². The molecule has 0 radical (unpaired) electrons. The van der Waals surface area contributed by atoms with Crippen molar-refractivity contribution in [3.05, 3.63) is 216 Å². The third kappa shape index (κ3) is 5.85. The molecule has 8 aromatic rings. The van der Waals surface area contributed by atoms with Gasteiger partial charge in [-0.3, -0.25) is 0 Å². The van der Waals surface area contributed by atoms with Crippen molar-refractivity contribution < 1.29 is 0 Å². The number of hydrogen-bond acceptors (Lipinski definition) is 2. The number of nitriles is 1. The van der Waals surface area contributed by atoms with Crippen LogP contribution in [0.2, 0.25) is 0 Å². The van der Waals surface area contributed by atoms with E-state index in [0.29, 0.717) is 5.56 Å². The van der Waals surface area contributed by atoms with Gasteiger partial charge in [-0.2, -0.15) is 5.26 Å². The van der Waals surface area contributed by atoms with Gasteiger partial charge in [0.1, 0.15) is 0 Å². The number of fused-ring (bicyclic) bond motifs is 2. The summed E-state index contributed by atoms with van der Waals surface area (Å²) in [7, 11) is 0. The third-order valence-corrected chi connectivity index (χ3v) is 10.2. The molecular formula is C50H34N2. The number of rotatable bonds is 6. The topological polar surface area (TPSA) is 35.8 Å². The van der Waals surface area contributed by atoms with E-state index >= 15 is 0 Å². The zero-order chi connectivity index (χ0) is 34.9. The molecular weight excluding hydrogens is 629 g/mol. The molecule has 0 aliphatic carbocycles. The first-order chi connectivity index (χ1) is 25.7. The van der Waals surface area contributed by atoms with Gasteiger partial charge in [0, 0.05) is 5.70 Å². The van der Waals surface area contributed by atoms with Crippen LogP contribution >= 0.6 is 0 Å². The van der Waals surface area contributed by atoms with Crippen molar-refractivity contribution in [3.8, 4) is 39.4 Å². The van der Waals surface area contributed by atoms with Gasteiger partial charge >= 0.3 is 0 Å². The highest BCUT2D eigenvalue weighted by atomic mass is 14.9. The lowest BCUT2D eigenvalue weighted by Crippen LogP contribution is -2.21. The highest BCUT2D eigenvalue weighted by Gasteiger charge is 2.18. The first-order valence-corrected chi connectivity index (χ1v) is 17.7. The van der Waals surface area contributed by atoms with Gasteiger partial charge in [-0.15, -0.1) is 0 Å². The fraction of sp³-hybridized carbons (Fsp3) is 0.0200. The van der Waals surface area contributed by atoms with E-state index in [0.717, 1.165) is 16.8 Å². The summed E-state index contributed by atoms with van der Waals surface area (Å²) < 4.78 is 0. The van der Waals surface area contributed by atoms with Crippen LogP contribution in [-0.2, 0) is 0 Å². The molecule has 0 fully saturated rings. The van der Waals surface area contributed by atoms with Crippen molar-refractivity contribution in [3.63, 3.8) is 0 Å². The Kier molecular flexibility index (Phi) is 8.00. The molecule has 1 N–H and O–H groups in total. The van der Waals surface area contributed by atoms with Crippen LogP contribution in [0.3, 0.4) is 0 Å². The summed E-state index contributed by atoms with van der Waals surface area (Å²) in [6.07, 6.45) is 4.60. The van der Waals surface area contributed by atoms with Gasteiger partial charge in [0.25, 0.3) is 0 Å². The number of benzene rings is 8. The molecule has 0 saturated heterocycles. The number of nitrogens with zero attached hydrogens (tertiary/aromatic N) is 1. The van der Waals surface area contributed by atoms with Crippen molar-refractivity contribution in [1.29, 1.82) is 5.26 Å². The van der Waals surface area contributed by atoms with Gasteiger partial charge in [-0.05, 0) is 108 Å². The minimum atomic E-state index is 0.0734. The summed E-state index contributed by atoms with van der Waals surface area (Å²) in [4.78, 5) is 0. The van der Waals surface area contributed by atoms with E-state index in [1.54, 1.807) is 0 Å². The van der Waals surface area contributed by atoms with Crippen LogP contribution in [0, 0.1) is 11.3 Å². The molecule has 1 atom stereocenters. The summed E-state index contributed by atoms with van der Waals surface area (Å²) in [5.41, 5.74) is 13.6. The van der Waals surface area contributed by atoms with E-state index < -0.39 is 0 Å². The molecule has 8 aromatic carbocycles. The lowest BCUT2D eigenvalue weighted by atomic mass is 9.89. The zero-order valence-corrected chi connectivity index (χ0v) is 28.5. The van der Waals surface area contributed by atoms with E-state index in [2.05, 4.69) is 181 Å². The molecule has 244 valence electrons. The standard InChI is InChI=1S/C50H34N2/c51-33-34-18-20-38(21-19-34)43-28-29-47(45-16-8-7-15-44(43)45)46-17-9-14-37-26-27-41(30-48(37)46)35-22-24-36(25-23-35)42-31-49(39-10-3-1-4-11-39)52-50(32-42)40-12-5-2-6-13-40/h1-32,49,52H. The summed E-state index contributed by atoms with van der Waals surface area (Å²) in [5, 5.41) is 17.9. The van der Waals surface area contributed by atoms with Gasteiger partial charge in [-0.1, -0.05) is 164 Å². The van der Waals surface area contributed by atoms with Crippen molar-refractivity contribution in [2.45, 2.75) is 6.04 Å². The fourth-order valence-electron chi connectivity index (χ4n) is 7.49. The normalized spacial score (nSPS) is 13.9. The highest BCUT2D eigenvalue weighted by molar-refractivity contribution is 6.10. The Balaban J connectivity index is 1.09. The van der Waals surface area contributed by atoms with E-state index in [1.165, 1.54) is 66.1 Å². The van der Waals surface area contributed by atoms with Crippen molar-refractivity contribution in [2.24, 2.45) is 0 Å². The van der Waals surface area contributed by atoms with Gasteiger partial charge in [0.05, 0.1) is 17.7 Å². The molecule has 0 spiro atoms. The van der Waals surface area contributed by atoms with Crippen LogP contribution in [0.15, 0.2) is 194 Å². The molecule has 1 aliphatic rings. The average molecular weight is 663 g/mol. The lowest BCUT2D eigenvalue weighted by Gasteiger charge is -2.25. The predicted molar refractivity (Wildman–Crippen MR) is 217 cm³/mol. The largest absolute Gasteiger partial charge is 0.374 e. The van der Waals surface area contributed by atoms with E-state index in [9.17, 15) is 5.26 Å². The fourth-order valence-corrected chi connectivity index (χ4v) is 7.49. The van der Waals surface area contributed by atoms with Crippen LogP contribution in [0.1, 0.15) is 28.3 Å². The minimum absolute atomic E-state index is 0.0734. The minimum Gasteiger partial charge on any atom is -0.374 e. The summed E-state index contributed by atoms with van der Waals surface area (Å²) >= 11 is 0. The second-order valence-corrected chi connectivity index (χ2v) is 13.3. The Morgan fingerprint density at radius 3 is 1.81 bits per heavy atom. The Bertz CT molecular complexity index is 2680. The van der Waals surface area contributed by atoms with Crippen molar-refractivity contribution in [2.75, 3.05) is 0 Å². The zero-order valence-electron chi connectivity index (χ0n) is 28.5. The average Bonchev–Trinajstić information content (AvgIpc) is 3.23.